The lowest BCUT2D eigenvalue weighted by Gasteiger charge is -2.35. The van der Waals surface area contributed by atoms with Gasteiger partial charge >= 0.3 is 6.09 Å². The van der Waals surface area contributed by atoms with Crippen LogP contribution in [-0.2, 0) is 4.74 Å². The van der Waals surface area contributed by atoms with Gasteiger partial charge < -0.3 is 19.5 Å². The molecular formula is C18H27N3O3S. The molecule has 1 fully saturated rings. The van der Waals surface area contributed by atoms with Gasteiger partial charge in [-0.3, -0.25) is 4.79 Å². The third-order valence-electron chi connectivity index (χ3n) is 4.09. The van der Waals surface area contributed by atoms with Gasteiger partial charge in [-0.1, -0.05) is 12.2 Å². The Morgan fingerprint density at radius 3 is 2.80 bits per heavy atom. The fourth-order valence-corrected chi connectivity index (χ4v) is 3.18. The largest absolute Gasteiger partial charge is 0.444 e. The number of nitrogens with zero attached hydrogens (tertiary/aromatic N) is 2. The number of nitrogens with one attached hydrogen (secondary N) is 1. The van der Waals surface area contributed by atoms with Gasteiger partial charge in [0.1, 0.15) is 10.2 Å². The molecule has 0 aromatic carbocycles. The molecule has 7 heteroatoms. The number of ether oxygens (including phenoxy) is 1. The molecule has 1 unspecified atom stereocenters. The van der Waals surface area contributed by atoms with Gasteiger partial charge in [0.2, 0.25) is 0 Å². The minimum absolute atomic E-state index is 0.0496. The molecule has 1 saturated heterocycles. The maximum Gasteiger partial charge on any atom is 0.410 e. The predicted molar refractivity (Wildman–Crippen MR) is 99.1 cm³/mol. The van der Waals surface area contributed by atoms with Gasteiger partial charge in [-0.25, -0.2) is 4.79 Å². The fraction of sp³-hybridized carbons (Fsp3) is 0.611. The molecule has 0 radical (unpaired) electrons. The zero-order valence-electron chi connectivity index (χ0n) is 15.4. The first-order valence-electron chi connectivity index (χ1n) is 8.58. The van der Waals surface area contributed by atoms with Gasteiger partial charge in [-0.15, -0.1) is 0 Å². The Hall–Kier alpha value is -1.89. The van der Waals surface area contributed by atoms with Crippen LogP contribution in [0.15, 0.2) is 18.3 Å². The summed E-state index contributed by atoms with van der Waals surface area (Å²) < 4.78 is 5.85. The van der Waals surface area contributed by atoms with E-state index in [4.69, 9.17) is 17.0 Å². The van der Waals surface area contributed by atoms with Crippen LogP contribution < -0.4 is 0 Å². The predicted octanol–water partition coefficient (Wildman–Crippen LogP) is 3.46. The quantitative estimate of drug-likeness (QED) is 0.833. The van der Waals surface area contributed by atoms with E-state index in [2.05, 4.69) is 4.98 Å². The Morgan fingerprint density at radius 2 is 2.16 bits per heavy atom. The molecule has 1 aromatic rings. The number of amides is 2. The van der Waals surface area contributed by atoms with Crippen LogP contribution in [0.4, 0.5) is 4.79 Å². The number of carbonyl (C=O) groups is 2. The molecule has 2 rings (SSSR count). The summed E-state index contributed by atoms with van der Waals surface area (Å²) >= 11 is 5.21. The molecule has 2 heterocycles. The molecule has 1 aromatic heterocycles. The van der Waals surface area contributed by atoms with E-state index in [9.17, 15) is 9.59 Å². The van der Waals surface area contributed by atoms with Crippen LogP contribution in [0.1, 0.15) is 44.0 Å². The first kappa shape index (κ1) is 19.4. The number of hydrogen-bond donors (Lipinski definition) is 1. The van der Waals surface area contributed by atoms with Crippen molar-refractivity contribution in [1.29, 1.82) is 0 Å². The average molecular weight is 365 g/mol. The van der Waals surface area contributed by atoms with Crippen molar-refractivity contribution in [2.45, 2.75) is 39.2 Å². The zero-order chi connectivity index (χ0) is 18.6. The summed E-state index contributed by atoms with van der Waals surface area (Å²) in [6, 6.07) is 3.53. The zero-order valence-corrected chi connectivity index (χ0v) is 16.2. The molecule has 2 amide bonds. The molecule has 0 saturated carbocycles. The highest BCUT2D eigenvalue weighted by Crippen LogP contribution is 2.20. The molecule has 0 aliphatic carbocycles. The van der Waals surface area contributed by atoms with Crippen molar-refractivity contribution in [3.05, 3.63) is 28.5 Å². The number of rotatable bonds is 3. The van der Waals surface area contributed by atoms with Crippen molar-refractivity contribution in [2.24, 2.45) is 5.92 Å². The van der Waals surface area contributed by atoms with Crippen LogP contribution in [0.3, 0.4) is 0 Å². The lowest BCUT2D eigenvalue weighted by Crippen LogP contribution is -2.45. The van der Waals surface area contributed by atoms with Crippen LogP contribution >= 0.6 is 12.2 Å². The number of hydrogen-bond acceptors (Lipinski definition) is 4. The van der Waals surface area contributed by atoms with Crippen molar-refractivity contribution < 1.29 is 14.3 Å². The number of likely N-dealkylation sites (tertiary alicyclic amines) is 1. The van der Waals surface area contributed by atoms with Gasteiger partial charge in [-0.05, 0) is 51.7 Å². The molecule has 1 N–H and O–H groups in total. The standard InChI is InChI=1S/C18H27N3O3S/c1-18(2,3)24-17(23)20(4)11-13-7-6-10-21(12-13)16(22)14-8-5-9-19-15(14)25/h5,8-9,13H,6-7,10-12H2,1-4H3,(H,19,25). The van der Waals surface area contributed by atoms with E-state index < -0.39 is 5.60 Å². The van der Waals surface area contributed by atoms with E-state index in [0.717, 1.165) is 19.4 Å². The maximum atomic E-state index is 12.7. The minimum atomic E-state index is -0.510. The molecule has 138 valence electrons. The topological polar surface area (TPSA) is 65.6 Å². The number of H-pyrrole nitrogens is 1. The summed E-state index contributed by atoms with van der Waals surface area (Å²) in [5, 5.41) is 0. The van der Waals surface area contributed by atoms with Crippen molar-refractivity contribution in [3.8, 4) is 0 Å². The van der Waals surface area contributed by atoms with E-state index >= 15 is 0 Å². The Labute approximate surface area is 154 Å². The summed E-state index contributed by atoms with van der Waals surface area (Å²) in [6.45, 7) is 7.46. The molecule has 1 aliphatic heterocycles. The van der Waals surface area contributed by atoms with Crippen molar-refractivity contribution in [1.82, 2.24) is 14.8 Å². The molecule has 25 heavy (non-hydrogen) atoms. The Kier molecular flexibility index (Phi) is 6.21. The first-order valence-corrected chi connectivity index (χ1v) is 8.99. The lowest BCUT2D eigenvalue weighted by atomic mass is 9.97. The summed E-state index contributed by atoms with van der Waals surface area (Å²) in [6.07, 6.45) is 3.29. The van der Waals surface area contributed by atoms with Crippen LogP contribution in [0, 0.1) is 10.6 Å². The van der Waals surface area contributed by atoms with E-state index in [1.54, 1.807) is 30.3 Å². The third-order valence-corrected chi connectivity index (χ3v) is 4.43. The van der Waals surface area contributed by atoms with E-state index in [1.165, 1.54) is 0 Å². The van der Waals surface area contributed by atoms with Crippen LogP contribution in [0.25, 0.3) is 0 Å². The second-order valence-corrected chi connectivity index (χ2v) is 7.94. The Balaban J connectivity index is 1.97. The monoisotopic (exact) mass is 365 g/mol. The van der Waals surface area contributed by atoms with Gasteiger partial charge in [0, 0.05) is 32.9 Å². The lowest BCUT2D eigenvalue weighted by molar-refractivity contribution is 0.0244. The number of piperidine rings is 1. The molecule has 1 aliphatic rings. The number of aromatic amines is 1. The van der Waals surface area contributed by atoms with Crippen LogP contribution in [-0.4, -0.2) is 59.1 Å². The van der Waals surface area contributed by atoms with E-state index in [-0.39, 0.29) is 17.9 Å². The Bertz CT molecular complexity index is 681. The van der Waals surface area contributed by atoms with Gasteiger partial charge in [0.25, 0.3) is 5.91 Å². The molecule has 6 nitrogen and oxygen atoms in total. The summed E-state index contributed by atoms with van der Waals surface area (Å²) in [4.78, 5) is 31.1. The van der Waals surface area contributed by atoms with E-state index in [0.29, 0.717) is 23.3 Å². The number of aromatic nitrogens is 1. The maximum absolute atomic E-state index is 12.7. The summed E-state index contributed by atoms with van der Waals surface area (Å²) in [5.74, 6) is 0.183. The van der Waals surface area contributed by atoms with Crippen molar-refractivity contribution in [3.63, 3.8) is 0 Å². The average Bonchev–Trinajstić information content (AvgIpc) is 2.53. The van der Waals surface area contributed by atoms with E-state index in [1.807, 2.05) is 25.7 Å². The van der Waals surface area contributed by atoms with Crippen molar-refractivity contribution >= 4 is 24.2 Å². The number of carbonyl (C=O) groups excluding carboxylic acids is 2. The van der Waals surface area contributed by atoms with Crippen LogP contribution in [0.5, 0.6) is 0 Å². The summed E-state index contributed by atoms with van der Waals surface area (Å²) in [5.41, 5.74) is 0.0162. The fourth-order valence-electron chi connectivity index (χ4n) is 2.96. The Morgan fingerprint density at radius 1 is 1.44 bits per heavy atom. The second-order valence-electron chi connectivity index (χ2n) is 7.53. The smallest absolute Gasteiger partial charge is 0.410 e. The highest BCUT2D eigenvalue weighted by molar-refractivity contribution is 7.71. The highest BCUT2D eigenvalue weighted by atomic mass is 32.1. The van der Waals surface area contributed by atoms with Crippen molar-refractivity contribution in [2.75, 3.05) is 26.7 Å². The third kappa shape index (κ3) is 5.56. The minimum Gasteiger partial charge on any atom is -0.444 e. The van der Waals surface area contributed by atoms with Gasteiger partial charge in [-0.2, -0.15) is 0 Å². The second kappa shape index (κ2) is 7.99. The highest BCUT2D eigenvalue weighted by Gasteiger charge is 2.28. The SMILES string of the molecule is CN(CC1CCCN(C(=O)c2ccc[nH]c2=S)C1)C(=O)OC(C)(C)C. The number of pyridine rings is 1. The molecule has 0 bridgehead atoms. The molecule has 0 spiro atoms. The first-order chi connectivity index (χ1) is 11.7. The van der Waals surface area contributed by atoms with Gasteiger partial charge in [0.15, 0.2) is 0 Å². The van der Waals surface area contributed by atoms with Gasteiger partial charge in [0.05, 0.1) is 5.56 Å². The normalized spacial score (nSPS) is 17.9. The summed E-state index contributed by atoms with van der Waals surface area (Å²) in [7, 11) is 1.74. The molecule has 1 atom stereocenters. The molecular weight excluding hydrogens is 338 g/mol. The van der Waals surface area contributed by atoms with Crippen LogP contribution in [0.2, 0.25) is 0 Å².